The van der Waals surface area contributed by atoms with E-state index in [9.17, 15) is 62.6 Å². The van der Waals surface area contributed by atoms with E-state index >= 15 is 0 Å². The van der Waals surface area contributed by atoms with Gasteiger partial charge in [-0.15, -0.1) is 0 Å². The molecule has 3 aliphatic rings. The van der Waals surface area contributed by atoms with E-state index in [1.54, 1.807) is 0 Å². The number of imide groups is 1. The highest BCUT2D eigenvalue weighted by Gasteiger charge is 2.43. The fourth-order valence-electron chi connectivity index (χ4n) is 6.60. The van der Waals surface area contributed by atoms with Crippen LogP contribution in [0.3, 0.4) is 0 Å². The maximum absolute atomic E-state index is 14.7. The van der Waals surface area contributed by atoms with Crippen LogP contribution in [0.15, 0.2) is 36.4 Å². The Hall–Kier alpha value is -6.09. The van der Waals surface area contributed by atoms with Crippen molar-refractivity contribution in [1.82, 2.24) is 25.3 Å². The van der Waals surface area contributed by atoms with Crippen molar-refractivity contribution >= 4 is 54.4 Å². The third kappa shape index (κ3) is 7.65. The monoisotopic (exact) mass is 790 g/mol. The molecule has 0 saturated carbocycles. The van der Waals surface area contributed by atoms with Gasteiger partial charge in [0.15, 0.2) is 28.9 Å². The van der Waals surface area contributed by atoms with Gasteiger partial charge in [-0.25, -0.2) is 37.2 Å². The molecule has 22 heteroatoms. The third-order valence-electron chi connectivity index (χ3n) is 9.46. The van der Waals surface area contributed by atoms with E-state index in [1.807, 2.05) is 0 Å². The topological polar surface area (TPSA) is 242 Å². The quantitative estimate of drug-likeness (QED) is 0.128. The number of carbonyl (C=O) groups excluding carboxylic acids is 4. The number of benzene rings is 3. The molecule has 0 spiro atoms. The summed E-state index contributed by atoms with van der Waals surface area (Å²) < 4.78 is 47.5. The lowest BCUT2D eigenvalue weighted by Crippen LogP contribution is -2.56. The number of rotatable bonds is 7. The Kier molecular flexibility index (Phi) is 10.8. The number of fused-ring (bicyclic) bond motifs is 1. The summed E-state index contributed by atoms with van der Waals surface area (Å²) in [7, 11) is -1.95. The van der Waals surface area contributed by atoms with Crippen molar-refractivity contribution in [2.75, 3.05) is 31.5 Å². The number of carbonyl (C=O) groups is 5. The van der Waals surface area contributed by atoms with Crippen molar-refractivity contribution in [2.24, 2.45) is 0 Å². The molecule has 0 aromatic heterocycles. The Bertz CT molecular complexity index is 2090. The summed E-state index contributed by atoms with van der Waals surface area (Å²) in [6.45, 7) is 0.299. The number of anilines is 1. The minimum atomic E-state index is -1.98. The molecule has 3 heterocycles. The number of amides is 7. The highest BCUT2D eigenvalue weighted by molar-refractivity contribution is 6.47. The highest BCUT2D eigenvalue weighted by Crippen LogP contribution is 2.41. The molecule has 0 aliphatic carbocycles. The molecule has 7 amide bonds. The van der Waals surface area contributed by atoms with Gasteiger partial charge in [-0.05, 0) is 49.1 Å². The zero-order valence-corrected chi connectivity index (χ0v) is 29.0. The van der Waals surface area contributed by atoms with Crippen LogP contribution < -0.4 is 20.6 Å². The van der Waals surface area contributed by atoms with Crippen LogP contribution in [0.4, 0.5) is 33.2 Å². The number of carboxylic acid groups (broad SMARTS) is 1. The van der Waals surface area contributed by atoms with Crippen LogP contribution in [0.2, 0.25) is 5.02 Å². The van der Waals surface area contributed by atoms with Gasteiger partial charge in [-0.3, -0.25) is 4.79 Å². The van der Waals surface area contributed by atoms with Crippen molar-refractivity contribution in [3.63, 3.8) is 0 Å². The standard InChI is InChI=1S/C33H31BClF3N6O11/c35-24-17(13-20(38)26(46)27(24)47)25(29(48)40-22-11-14-1-3-19(37)23(30(49)50)28(14)55-34(22)54)41-32(52)44-10-9-43(33(44)53)16-5-7-42(8-6-16)31(51)39-15-2-4-18(36)21(45)12-15/h1-4,12-13,16,22,25,45-47,54H,5-11H2,(H,39,51)(H,40,48)(H,41,52)(H,49,50)/t22-,25-/m0/s1. The molecule has 2 atom stereocenters. The number of phenols is 3. The fraction of sp³-hybridized carbons (Fsp3) is 0.303. The first-order valence-corrected chi connectivity index (χ1v) is 17.0. The van der Waals surface area contributed by atoms with Crippen LogP contribution in [0.25, 0.3) is 0 Å². The molecular formula is C33H31BClF3N6O11. The Labute approximate surface area is 314 Å². The van der Waals surface area contributed by atoms with Gasteiger partial charge < -0.3 is 55.9 Å². The molecule has 3 aromatic rings. The largest absolute Gasteiger partial charge is 0.547 e. The first-order chi connectivity index (χ1) is 26.0. The predicted octanol–water partition coefficient (Wildman–Crippen LogP) is 2.90. The van der Waals surface area contributed by atoms with Crippen molar-refractivity contribution < 1.29 is 67.2 Å². The van der Waals surface area contributed by atoms with Gasteiger partial charge in [0.25, 0.3) is 0 Å². The van der Waals surface area contributed by atoms with E-state index in [0.717, 1.165) is 23.1 Å². The molecule has 8 N–H and O–H groups in total. The predicted molar refractivity (Wildman–Crippen MR) is 184 cm³/mol. The van der Waals surface area contributed by atoms with Gasteiger partial charge in [0.05, 0.1) is 11.0 Å². The molecule has 0 unspecified atom stereocenters. The number of likely N-dealkylation sites (tertiary alicyclic amines) is 1. The lowest BCUT2D eigenvalue weighted by Gasteiger charge is -2.36. The summed E-state index contributed by atoms with van der Waals surface area (Å²) in [6, 6.07) is 1.09. The van der Waals surface area contributed by atoms with Gasteiger partial charge in [-0.1, -0.05) is 17.7 Å². The van der Waals surface area contributed by atoms with Gasteiger partial charge in [0.2, 0.25) is 5.91 Å². The number of hydrogen-bond acceptors (Lipinski definition) is 10. The number of carboxylic acids is 1. The number of piperidine rings is 1. The molecule has 0 bridgehead atoms. The van der Waals surface area contributed by atoms with Gasteiger partial charge >= 0.3 is 31.2 Å². The van der Waals surface area contributed by atoms with Crippen LogP contribution in [-0.4, -0.2) is 115 Å². The minimum Gasteiger partial charge on any atom is -0.534 e. The lowest BCUT2D eigenvalue weighted by atomic mass is 9.72. The number of hydrogen-bond donors (Lipinski definition) is 8. The molecule has 290 valence electrons. The molecule has 2 saturated heterocycles. The van der Waals surface area contributed by atoms with E-state index in [4.69, 9.17) is 16.3 Å². The average Bonchev–Trinajstić information content (AvgIpc) is 3.54. The Morgan fingerprint density at radius 2 is 1.60 bits per heavy atom. The Morgan fingerprint density at radius 3 is 2.27 bits per heavy atom. The SMILES string of the molecule is O=C(O)c1c(F)ccc2c1OB(O)[C@@H](NC(=O)[C@@H](NC(=O)N1CCN(C3CCN(C(=O)Nc4ccc(F)c(O)c4)CC3)C1=O)c1cc(F)c(O)c(O)c1Cl)C2. The van der Waals surface area contributed by atoms with Crippen LogP contribution in [0.1, 0.15) is 40.4 Å². The van der Waals surface area contributed by atoms with Crippen molar-refractivity contribution in [3.8, 4) is 23.0 Å². The number of aromatic carboxylic acids is 1. The second-order valence-corrected chi connectivity index (χ2v) is 13.2. The average molecular weight is 791 g/mol. The first kappa shape index (κ1) is 38.6. The van der Waals surface area contributed by atoms with Crippen LogP contribution in [-0.2, 0) is 11.2 Å². The van der Waals surface area contributed by atoms with E-state index in [0.29, 0.717) is 18.9 Å². The summed E-state index contributed by atoms with van der Waals surface area (Å²) in [6.07, 6.45) is 0.319. The normalized spacial score (nSPS) is 17.7. The van der Waals surface area contributed by atoms with Crippen LogP contribution in [0.5, 0.6) is 23.0 Å². The number of nitrogens with zero attached hydrogens (tertiary/aromatic N) is 3. The Morgan fingerprint density at radius 1 is 0.909 bits per heavy atom. The molecule has 55 heavy (non-hydrogen) atoms. The molecule has 0 radical (unpaired) electrons. The summed E-state index contributed by atoms with van der Waals surface area (Å²) in [5.41, 5.74) is -1.16. The maximum Gasteiger partial charge on any atom is 0.547 e. The summed E-state index contributed by atoms with van der Waals surface area (Å²) in [4.78, 5) is 68.9. The second kappa shape index (κ2) is 15.3. The highest BCUT2D eigenvalue weighted by atomic mass is 35.5. The van der Waals surface area contributed by atoms with E-state index < -0.39 is 112 Å². The lowest BCUT2D eigenvalue weighted by molar-refractivity contribution is -0.123. The first-order valence-electron chi connectivity index (χ1n) is 16.6. The summed E-state index contributed by atoms with van der Waals surface area (Å²) in [5, 5.41) is 56.2. The van der Waals surface area contributed by atoms with E-state index in [2.05, 4.69) is 16.0 Å². The molecule has 2 fully saturated rings. The maximum atomic E-state index is 14.7. The zero-order valence-electron chi connectivity index (χ0n) is 28.3. The molecule has 3 aromatic carbocycles. The fourth-order valence-corrected chi connectivity index (χ4v) is 6.85. The minimum absolute atomic E-state index is 0.0636. The van der Waals surface area contributed by atoms with Crippen molar-refractivity contribution in [1.29, 1.82) is 0 Å². The number of nitrogens with one attached hydrogen (secondary N) is 3. The van der Waals surface area contributed by atoms with Gasteiger partial charge in [0, 0.05) is 49.5 Å². The molecule has 6 rings (SSSR count). The Balaban J connectivity index is 1.14. The van der Waals surface area contributed by atoms with Gasteiger partial charge in [-0.2, -0.15) is 0 Å². The van der Waals surface area contributed by atoms with Crippen LogP contribution in [0, 0.1) is 17.5 Å². The van der Waals surface area contributed by atoms with E-state index in [1.165, 1.54) is 21.9 Å². The third-order valence-corrected chi connectivity index (χ3v) is 9.86. The van der Waals surface area contributed by atoms with Crippen molar-refractivity contribution in [2.45, 2.75) is 37.3 Å². The number of urea groups is 3. The zero-order chi connectivity index (χ0) is 39.9. The van der Waals surface area contributed by atoms with Crippen molar-refractivity contribution in [3.05, 3.63) is 75.6 Å². The van der Waals surface area contributed by atoms with Gasteiger partial charge in [0.1, 0.15) is 23.2 Å². The number of phenolic OH excluding ortho intramolecular Hbond substituents is 3. The smallest absolute Gasteiger partial charge is 0.534 e. The molecular weight excluding hydrogens is 760 g/mol. The molecule has 3 aliphatic heterocycles. The summed E-state index contributed by atoms with van der Waals surface area (Å²) in [5.74, 6) is -11.2. The number of halogens is 4. The molecule has 17 nitrogen and oxygen atoms in total. The second-order valence-electron chi connectivity index (χ2n) is 12.8. The number of aromatic hydroxyl groups is 3. The van der Waals surface area contributed by atoms with Crippen LogP contribution >= 0.6 is 11.6 Å². The van der Waals surface area contributed by atoms with E-state index in [-0.39, 0.29) is 43.9 Å². The summed E-state index contributed by atoms with van der Waals surface area (Å²) >= 11 is 6.18.